The van der Waals surface area contributed by atoms with Gasteiger partial charge in [-0.3, -0.25) is 4.72 Å². The second-order valence-corrected chi connectivity index (χ2v) is 7.20. The number of benzene rings is 2. The van der Waals surface area contributed by atoms with Crippen molar-refractivity contribution < 1.29 is 30.7 Å². The van der Waals surface area contributed by atoms with Crippen molar-refractivity contribution in [2.24, 2.45) is 0 Å². The molecule has 26 heavy (non-hydrogen) atoms. The van der Waals surface area contributed by atoms with E-state index in [1.54, 1.807) is 0 Å². The third-order valence-electron chi connectivity index (χ3n) is 2.92. The maximum atomic E-state index is 14.2. The van der Waals surface area contributed by atoms with E-state index in [9.17, 15) is 26.0 Å². The van der Waals surface area contributed by atoms with Crippen LogP contribution in [0.3, 0.4) is 0 Å². The highest BCUT2D eigenvalue weighted by molar-refractivity contribution is 7.93. The monoisotopic (exact) mass is 405 g/mol. The molecule has 0 fully saturated rings. The van der Waals surface area contributed by atoms with Gasteiger partial charge in [-0.15, -0.1) is 0 Å². The van der Waals surface area contributed by atoms with Crippen LogP contribution in [0.15, 0.2) is 41.6 Å². The van der Waals surface area contributed by atoms with E-state index in [1.807, 2.05) is 4.72 Å². The highest BCUT2D eigenvalue weighted by Gasteiger charge is 2.24. The SMILES string of the molecule is O=S(=O)(Nc1ncns1)c1cc(F)c(Oc2cc(F)cc(F)c2)cc1F. The molecule has 0 saturated heterocycles. The molecule has 0 saturated carbocycles. The first kappa shape index (κ1) is 18.1. The van der Waals surface area contributed by atoms with Crippen LogP contribution in [0.1, 0.15) is 0 Å². The first-order valence-corrected chi connectivity index (χ1v) is 8.93. The van der Waals surface area contributed by atoms with Crippen LogP contribution in [-0.2, 0) is 10.0 Å². The van der Waals surface area contributed by atoms with Gasteiger partial charge in [-0.05, 0) is 0 Å². The Morgan fingerprint density at radius 1 is 0.962 bits per heavy atom. The summed E-state index contributed by atoms with van der Waals surface area (Å²) in [6.45, 7) is 0. The van der Waals surface area contributed by atoms with Crippen LogP contribution in [0.5, 0.6) is 11.5 Å². The molecule has 1 heterocycles. The number of hydrogen-bond acceptors (Lipinski definition) is 6. The average molecular weight is 405 g/mol. The molecule has 1 aromatic heterocycles. The number of nitrogens with one attached hydrogen (secondary N) is 1. The Bertz CT molecular complexity index is 1040. The van der Waals surface area contributed by atoms with Gasteiger partial charge in [-0.25, -0.2) is 31.0 Å². The Morgan fingerprint density at radius 2 is 1.65 bits per heavy atom. The summed E-state index contributed by atoms with van der Waals surface area (Å²) in [4.78, 5) is 2.58. The fourth-order valence-electron chi connectivity index (χ4n) is 1.90. The van der Waals surface area contributed by atoms with Crippen molar-refractivity contribution >= 4 is 26.7 Å². The quantitative estimate of drug-likeness (QED) is 0.655. The second-order valence-electron chi connectivity index (χ2n) is 4.77. The van der Waals surface area contributed by atoms with Crippen molar-refractivity contribution in [3.63, 3.8) is 0 Å². The van der Waals surface area contributed by atoms with Gasteiger partial charge in [-0.1, -0.05) is 0 Å². The van der Waals surface area contributed by atoms with Crippen molar-refractivity contribution in [3.05, 3.63) is 59.9 Å². The van der Waals surface area contributed by atoms with Gasteiger partial charge in [0.25, 0.3) is 10.0 Å². The predicted octanol–water partition coefficient (Wildman–Crippen LogP) is 3.69. The van der Waals surface area contributed by atoms with Gasteiger partial charge in [0, 0.05) is 41.9 Å². The molecule has 0 aliphatic heterocycles. The second kappa shape index (κ2) is 6.88. The van der Waals surface area contributed by atoms with Gasteiger partial charge >= 0.3 is 0 Å². The van der Waals surface area contributed by atoms with E-state index in [4.69, 9.17) is 4.74 Å². The summed E-state index contributed by atoms with van der Waals surface area (Å²) in [6.07, 6.45) is 1.08. The predicted molar refractivity (Wildman–Crippen MR) is 83.5 cm³/mol. The molecule has 0 atom stereocenters. The molecule has 0 unspecified atom stereocenters. The fourth-order valence-corrected chi connectivity index (χ4v) is 3.63. The van der Waals surface area contributed by atoms with Crippen molar-refractivity contribution in [1.29, 1.82) is 0 Å². The van der Waals surface area contributed by atoms with Crippen LogP contribution in [0.2, 0.25) is 0 Å². The van der Waals surface area contributed by atoms with Crippen LogP contribution < -0.4 is 9.46 Å². The van der Waals surface area contributed by atoms with Crippen LogP contribution in [0.4, 0.5) is 22.7 Å². The number of aromatic nitrogens is 2. The normalized spacial score (nSPS) is 11.4. The van der Waals surface area contributed by atoms with E-state index in [2.05, 4.69) is 9.36 Å². The summed E-state index contributed by atoms with van der Waals surface area (Å²) in [6, 6.07) is 2.90. The molecule has 1 N–H and O–H groups in total. The van der Waals surface area contributed by atoms with E-state index in [1.165, 1.54) is 0 Å². The Hall–Kier alpha value is -2.73. The van der Waals surface area contributed by atoms with Crippen LogP contribution in [0, 0.1) is 23.3 Å². The zero-order chi connectivity index (χ0) is 18.9. The molecule has 0 aliphatic carbocycles. The van der Waals surface area contributed by atoms with E-state index < -0.39 is 49.7 Å². The van der Waals surface area contributed by atoms with Gasteiger partial charge in [0.2, 0.25) is 5.13 Å². The Balaban J connectivity index is 1.93. The van der Waals surface area contributed by atoms with Gasteiger partial charge < -0.3 is 4.74 Å². The van der Waals surface area contributed by atoms with Crippen molar-refractivity contribution in [3.8, 4) is 11.5 Å². The molecule has 136 valence electrons. The lowest BCUT2D eigenvalue weighted by Gasteiger charge is -2.10. The van der Waals surface area contributed by atoms with Crippen molar-refractivity contribution in [2.45, 2.75) is 4.90 Å². The summed E-state index contributed by atoms with van der Waals surface area (Å²) >= 11 is 0.699. The zero-order valence-corrected chi connectivity index (χ0v) is 14.0. The van der Waals surface area contributed by atoms with Crippen LogP contribution in [0.25, 0.3) is 0 Å². The third-order valence-corrected chi connectivity index (χ3v) is 4.99. The summed E-state index contributed by atoms with van der Waals surface area (Å²) in [7, 11) is -4.47. The van der Waals surface area contributed by atoms with E-state index in [-0.39, 0.29) is 5.13 Å². The molecule has 2 aromatic carbocycles. The highest BCUT2D eigenvalue weighted by atomic mass is 32.2. The minimum Gasteiger partial charge on any atom is -0.454 e. The number of anilines is 1. The standard InChI is InChI=1S/C14H7F4N3O3S2/c15-7-1-8(16)3-9(2-7)24-12-4-11(18)13(5-10(12)17)26(22,23)21-14-19-6-20-25-14/h1-6H,(H,19,20,21). The average Bonchev–Trinajstić information content (AvgIpc) is 3.01. The number of ether oxygens (including phenoxy) is 1. The lowest BCUT2D eigenvalue weighted by molar-refractivity contribution is 0.425. The van der Waals surface area contributed by atoms with Crippen molar-refractivity contribution in [1.82, 2.24) is 9.36 Å². The Labute approximate surface area is 148 Å². The zero-order valence-electron chi connectivity index (χ0n) is 12.4. The number of halogens is 4. The van der Waals surface area contributed by atoms with E-state index in [0.717, 1.165) is 18.5 Å². The molecule has 0 spiro atoms. The minimum atomic E-state index is -4.47. The molecular formula is C14H7F4N3O3S2. The lowest BCUT2D eigenvalue weighted by atomic mass is 10.3. The minimum absolute atomic E-state index is 0.139. The van der Waals surface area contributed by atoms with Gasteiger partial charge in [0.15, 0.2) is 11.6 Å². The van der Waals surface area contributed by atoms with Gasteiger partial charge in [0.05, 0.1) is 0 Å². The Kier molecular flexibility index (Phi) is 4.78. The fraction of sp³-hybridized carbons (Fsp3) is 0. The molecule has 12 heteroatoms. The summed E-state index contributed by atoms with van der Waals surface area (Å²) in [5.41, 5.74) is 0. The summed E-state index contributed by atoms with van der Waals surface area (Å²) in [5.74, 6) is -5.74. The van der Waals surface area contributed by atoms with Crippen LogP contribution >= 0.6 is 11.5 Å². The van der Waals surface area contributed by atoms with E-state index in [0.29, 0.717) is 29.7 Å². The maximum Gasteiger partial charge on any atom is 0.266 e. The topological polar surface area (TPSA) is 81.2 Å². The highest BCUT2D eigenvalue weighted by Crippen LogP contribution is 2.30. The van der Waals surface area contributed by atoms with E-state index >= 15 is 0 Å². The number of hydrogen-bond donors (Lipinski definition) is 1. The van der Waals surface area contributed by atoms with Crippen molar-refractivity contribution in [2.75, 3.05) is 4.72 Å². The van der Waals surface area contributed by atoms with Gasteiger partial charge in [0.1, 0.15) is 34.4 Å². The summed E-state index contributed by atoms with van der Waals surface area (Å²) in [5, 5.41) is -0.139. The largest absolute Gasteiger partial charge is 0.454 e. The smallest absolute Gasteiger partial charge is 0.266 e. The first-order valence-electron chi connectivity index (χ1n) is 6.67. The van der Waals surface area contributed by atoms with Crippen LogP contribution in [-0.4, -0.2) is 17.8 Å². The molecular weight excluding hydrogens is 398 g/mol. The molecule has 6 nitrogen and oxygen atoms in total. The molecule has 3 aromatic rings. The molecule has 0 radical (unpaired) electrons. The number of nitrogens with zero attached hydrogens (tertiary/aromatic N) is 2. The Morgan fingerprint density at radius 3 is 2.27 bits per heavy atom. The number of rotatable bonds is 5. The molecule has 0 aliphatic rings. The molecule has 0 amide bonds. The molecule has 3 rings (SSSR count). The summed E-state index contributed by atoms with van der Waals surface area (Å²) < 4.78 is 89.2. The number of sulfonamides is 1. The maximum absolute atomic E-state index is 14.2. The first-order chi connectivity index (χ1) is 12.2. The van der Waals surface area contributed by atoms with Gasteiger partial charge in [-0.2, -0.15) is 4.37 Å². The third kappa shape index (κ3) is 3.91. The molecule has 0 bridgehead atoms. The lowest BCUT2D eigenvalue weighted by Crippen LogP contribution is -2.15.